The first-order valence-corrected chi connectivity index (χ1v) is 6.32. The van der Waals surface area contributed by atoms with E-state index in [2.05, 4.69) is 15.5 Å². The molecule has 0 fully saturated rings. The van der Waals surface area contributed by atoms with Gasteiger partial charge in [0, 0.05) is 32.0 Å². The lowest BCUT2D eigenvalue weighted by Gasteiger charge is -2.20. The van der Waals surface area contributed by atoms with E-state index in [0.29, 0.717) is 19.1 Å². The molecule has 0 aromatic heterocycles. The summed E-state index contributed by atoms with van der Waals surface area (Å²) in [5.41, 5.74) is 0. The second-order valence-electron chi connectivity index (χ2n) is 4.63. The molecule has 0 unspecified atom stereocenters. The largest absolute Gasteiger partial charge is 0.481 e. The molecule has 0 rings (SSSR count). The third-order valence-corrected chi connectivity index (χ3v) is 2.68. The number of aliphatic carboxylic acids is 1. The summed E-state index contributed by atoms with van der Waals surface area (Å²) in [5, 5.41) is 13.1. The van der Waals surface area contributed by atoms with Crippen LogP contribution >= 0.6 is 0 Å². The summed E-state index contributed by atoms with van der Waals surface area (Å²) in [6.45, 7) is 5.24. The highest BCUT2D eigenvalue weighted by Crippen LogP contribution is 1.95. The molecule has 0 radical (unpaired) electrons. The van der Waals surface area contributed by atoms with E-state index >= 15 is 0 Å². The van der Waals surface area contributed by atoms with Crippen molar-refractivity contribution in [2.45, 2.75) is 39.2 Å². The molecule has 0 bridgehead atoms. The maximum Gasteiger partial charge on any atom is 0.321 e. The van der Waals surface area contributed by atoms with Gasteiger partial charge in [-0.15, -0.1) is 0 Å². The van der Waals surface area contributed by atoms with Gasteiger partial charge in [0.05, 0.1) is 0 Å². The van der Waals surface area contributed by atoms with Crippen molar-refractivity contribution in [3.05, 3.63) is 0 Å². The summed E-state index contributed by atoms with van der Waals surface area (Å²) in [6.07, 6.45) is 0.185. The van der Waals surface area contributed by atoms with Crippen molar-refractivity contribution in [3.8, 4) is 0 Å². The summed E-state index contributed by atoms with van der Waals surface area (Å²) in [7, 11) is 1.95. The summed E-state index contributed by atoms with van der Waals surface area (Å²) >= 11 is 0. The second kappa shape index (κ2) is 9.32. The number of nitrogens with one attached hydrogen (secondary N) is 2. The van der Waals surface area contributed by atoms with E-state index in [1.54, 1.807) is 0 Å². The maximum absolute atomic E-state index is 11.3. The molecule has 0 aliphatic rings. The predicted molar refractivity (Wildman–Crippen MR) is 70.8 cm³/mol. The van der Waals surface area contributed by atoms with Crippen molar-refractivity contribution in [2.24, 2.45) is 0 Å². The van der Waals surface area contributed by atoms with Gasteiger partial charge in [0.25, 0.3) is 0 Å². The van der Waals surface area contributed by atoms with Crippen LogP contribution in [-0.2, 0) is 9.59 Å². The average Bonchev–Trinajstić information content (AvgIpc) is 2.27. The predicted octanol–water partition coefficient (Wildman–Crippen LogP) is 0.407. The Hall–Kier alpha value is -1.63. The highest BCUT2D eigenvalue weighted by molar-refractivity contribution is 5.94. The van der Waals surface area contributed by atoms with Crippen LogP contribution in [0.25, 0.3) is 0 Å². The van der Waals surface area contributed by atoms with E-state index in [9.17, 15) is 14.4 Å². The SMILES string of the molecule is CC(C)N(C)CCNC(=O)NC(=O)CCCC(=O)O. The Balaban J connectivity index is 3.68. The van der Waals surface area contributed by atoms with Gasteiger partial charge in [-0.2, -0.15) is 0 Å². The molecule has 0 spiro atoms. The van der Waals surface area contributed by atoms with E-state index in [-0.39, 0.29) is 19.3 Å². The fraction of sp³-hybridized carbons (Fsp3) is 0.750. The Morgan fingerprint density at radius 3 is 2.37 bits per heavy atom. The van der Waals surface area contributed by atoms with Gasteiger partial charge >= 0.3 is 12.0 Å². The molecule has 0 aliphatic heterocycles. The normalized spacial score (nSPS) is 10.6. The molecule has 0 heterocycles. The number of carbonyl (C=O) groups is 3. The molecule has 0 aromatic rings. The highest BCUT2D eigenvalue weighted by atomic mass is 16.4. The van der Waals surface area contributed by atoms with Gasteiger partial charge in [-0.25, -0.2) is 4.79 Å². The number of amides is 3. The van der Waals surface area contributed by atoms with E-state index < -0.39 is 17.9 Å². The number of imide groups is 1. The smallest absolute Gasteiger partial charge is 0.321 e. The number of carboxylic acids is 1. The van der Waals surface area contributed by atoms with Crippen molar-refractivity contribution < 1.29 is 19.5 Å². The quantitative estimate of drug-likeness (QED) is 0.595. The number of urea groups is 1. The fourth-order valence-corrected chi connectivity index (χ4v) is 1.24. The Bertz CT molecular complexity index is 318. The summed E-state index contributed by atoms with van der Waals surface area (Å²) < 4.78 is 0. The first-order chi connectivity index (χ1) is 8.82. The number of carbonyl (C=O) groups excluding carboxylic acids is 2. The van der Waals surface area contributed by atoms with Crippen LogP contribution in [0.2, 0.25) is 0 Å². The maximum atomic E-state index is 11.3. The molecule has 3 N–H and O–H groups in total. The number of carboxylic acid groups (broad SMARTS) is 1. The zero-order valence-corrected chi connectivity index (χ0v) is 11.7. The van der Waals surface area contributed by atoms with Crippen LogP contribution in [0, 0.1) is 0 Å². The molecule has 0 aromatic carbocycles. The molecule has 0 saturated carbocycles. The molecule has 0 aliphatic carbocycles. The van der Waals surface area contributed by atoms with Gasteiger partial charge in [0.15, 0.2) is 0 Å². The standard InChI is InChI=1S/C12H23N3O4/c1-9(2)15(3)8-7-13-12(19)14-10(16)5-4-6-11(17)18/h9H,4-8H2,1-3H3,(H,17,18)(H2,13,14,16,19). The number of hydrogen-bond acceptors (Lipinski definition) is 4. The Morgan fingerprint density at radius 2 is 1.84 bits per heavy atom. The molecule has 0 saturated heterocycles. The molecular weight excluding hydrogens is 250 g/mol. The second-order valence-corrected chi connectivity index (χ2v) is 4.63. The Morgan fingerprint density at radius 1 is 1.21 bits per heavy atom. The van der Waals surface area contributed by atoms with Crippen molar-refractivity contribution in [2.75, 3.05) is 20.1 Å². The zero-order valence-electron chi connectivity index (χ0n) is 11.7. The molecule has 3 amide bonds. The third-order valence-electron chi connectivity index (χ3n) is 2.68. The Kier molecular flexibility index (Phi) is 8.52. The van der Waals surface area contributed by atoms with Crippen molar-refractivity contribution in [3.63, 3.8) is 0 Å². The van der Waals surface area contributed by atoms with Crippen LogP contribution in [-0.4, -0.2) is 54.1 Å². The fourth-order valence-electron chi connectivity index (χ4n) is 1.24. The van der Waals surface area contributed by atoms with Gasteiger partial charge in [-0.05, 0) is 27.3 Å². The third kappa shape index (κ3) is 10.0. The molecule has 110 valence electrons. The van der Waals surface area contributed by atoms with Crippen LogP contribution in [0.3, 0.4) is 0 Å². The van der Waals surface area contributed by atoms with Gasteiger partial charge in [-0.3, -0.25) is 14.9 Å². The topological polar surface area (TPSA) is 98.7 Å². The van der Waals surface area contributed by atoms with Crippen LogP contribution in [0.4, 0.5) is 4.79 Å². The van der Waals surface area contributed by atoms with E-state index in [4.69, 9.17) is 5.11 Å². The monoisotopic (exact) mass is 273 g/mol. The van der Waals surface area contributed by atoms with Crippen LogP contribution < -0.4 is 10.6 Å². The lowest BCUT2D eigenvalue weighted by atomic mass is 10.2. The van der Waals surface area contributed by atoms with Gasteiger partial charge < -0.3 is 15.3 Å². The minimum absolute atomic E-state index is 0.0334. The lowest BCUT2D eigenvalue weighted by Crippen LogP contribution is -2.43. The van der Waals surface area contributed by atoms with Crippen molar-refractivity contribution in [1.82, 2.24) is 15.5 Å². The highest BCUT2D eigenvalue weighted by Gasteiger charge is 2.09. The minimum Gasteiger partial charge on any atom is -0.481 e. The zero-order chi connectivity index (χ0) is 14.8. The first kappa shape index (κ1) is 17.4. The van der Waals surface area contributed by atoms with Crippen LogP contribution in [0.15, 0.2) is 0 Å². The molecule has 7 nitrogen and oxygen atoms in total. The van der Waals surface area contributed by atoms with E-state index in [0.717, 1.165) is 0 Å². The number of hydrogen-bond donors (Lipinski definition) is 3. The van der Waals surface area contributed by atoms with Crippen LogP contribution in [0.1, 0.15) is 33.1 Å². The van der Waals surface area contributed by atoms with E-state index in [1.807, 2.05) is 20.9 Å². The summed E-state index contributed by atoms with van der Waals surface area (Å²) in [5.74, 6) is -1.41. The summed E-state index contributed by atoms with van der Waals surface area (Å²) in [6, 6.07) is -0.153. The lowest BCUT2D eigenvalue weighted by molar-refractivity contribution is -0.137. The molecule has 0 atom stereocenters. The minimum atomic E-state index is -0.950. The number of likely N-dealkylation sites (N-methyl/N-ethyl adjacent to an activating group) is 1. The average molecular weight is 273 g/mol. The summed E-state index contributed by atoms with van der Waals surface area (Å²) in [4.78, 5) is 34.9. The first-order valence-electron chi connectivity index (χ1n) is 6.32. The molecule has 7 heteroatoms. The number of rotatable bonds is 8. The molecule has 19 heavy (non-hydrogen) atoms. The number of nitrogens with zero attached hydrogens (tertiary/aromatic N) is 1. The van der Waals surface area contributed by atoms with Gasteiger partial charge in [0.1, 0.15) is 0 Å². The van der Waals surface area contributed by atoms with E-state index in [1.165, 1.54) is 0 Å². The van der Waals surface area contributed by atoms with Crippen molar-refractivity contribution in [1.29, 1.82) is 0 Å². The van der Waals surface area contributed by atoms with Crippen LogP contribution in [0.5, 0.6) is 0 Å². The molecular formula is C12H23N3O4. The van der Waals surface area contributed by atoms with Gasteiger partial charge in [0.2, 0.25) is 5.91 Å². The van der Waals surface area contributed by atoms with Gasteiger partial charge in [-0.1, -0.05) is 0 Å². The van der Waals surface area contributed by atoms with Crippen molar-refractivity contribution >= 4 is 17.9 Å². The Labute approximate surface area is 113 Å².